The van der Waals surface area contributed by atoms with Gasteiger partial charge < -0.3 is 16.4 Å². The second-order valence-electron chi connectivity index (χ2n) is 0.129. The van der Waals surface area contributed by atoms with Crippen LogP contribution in [0.4, 0.5) is 0 Å². The van der Waals surface area contributed by atoms with Crippen LogP contribution in [-0.2, 0) is 15.2 Å². The molecule has 0 aromatic heterocycles. The Bertz CT molecular complexity index is 19.2. The van der Waals surface area contributed by atoms with E-state index in [9.17, 15) is 0 Å². The quantitative estimate of drug-likeness (QED) is 0.480. The summed E-state index contributed by atoms with van der Waals surface area (Å²) in [4.78, 5) is 0. The summed E-state index contributed by atoms with van der Waals surface area (Å²) < 4.78 is 0. The zero-order valence-corrected chi connectivity index (χ0v) is 11.5. The maximum Gasteiger partial charge on any atom is 0 e. The molecule has 0 fully saturated rings. The van der Waals surface area contributed by atoms with Crippen LogP contribution < -0.4 is 0 Å². The average molecular weight is 396 g/mol. The first-order valence-corrected chi connectivity index (χ1v) is 8.40. The molecule has 0 amide bonds. The third-order valence-corrected chi connectivity index (χ3v) is 0. The largest absolute Gasteiger partial charge is 0 e. The van der Waals surface area contributed by atoms with Gasteiger partial charge in [-0.1, -0.05) is 0 Å². The molecule has 8 heavy (non-hydrogen) atoms. The van der Waals surface area contributed by atoms with E-state index in [0.29, 0.717) is 0 Å². The number of rotatable bonds is 0. The van der Waals surface area contributed by atoms with Gasteiger partial charge >= 0.3 is 42.8 Å². The minimum Gasteiger partial charge on any atom is 0 e. The van der Waals surface area contributed by atoms with E-state index in [4.69, 9.17) is 27.6 Å². The molecule has 6 N–H and O–H groups in total. The zero-order chi connectivity index (χ0) is 3.58. The van der Waals surface area contributed by atoms with Crippen LogP contribution in [0.3, 0.4) is 0 Å². The van der Waals surface area contributed by atoms with Gasteiger partial charge in [-0.2, -0.15) is 0 Å². The van der Waals surface area contributed by atoms with Gasteiger partial charge in [0.1, 0.15) is 0 Å². The van der Waals surface area contributed by atoms with Crippen molar-refractivity contribution in [2.24, 2.45) is 0 Å². The minimum atomic E-state index is -1.79. The van der Waals surface area contributed by atoms with Crippen molar-refractivity contribution in [2.75, 3.05) is 0 Å². The van der Waals surface area contributed by atoms with E-state index in [1.807, 2.05) is 0 Å². The Morgan fingerprint density at radius 3 is 0.750 bits per heavy atom. The summed E-state index contributed by atoms with van der Waals surface area (Å²) in [5.41, 5.74) is 0. The number of halogens is 3. The summed E-state index contributed by atoms with van der Waals surface area (Å²) >= 11 is -1.79. The van der Waals surface area contributed by atoms with Crippen molar-refractivity contribution in [1.29, 1.82) is 0 Å². The van der Waals surface area contributed by atoms with Crippen LogP contribution >= 0.6 is 27.6 Å². The Morgan fingerprint density at radius 2 is 0.750 bits per heavy atom. The van der Waals surface area contributed by atoms with Crippen LogP contribution in [0, 0.1) is 0 Å². The van der Waals surface area contributed by atoms with Crippen LogP contribution in [0.2, 0.25) is 0 Å². The van der Waals surface area contributed by atoms with E-state index < -0.39 is 15.2 Å². The summed E-state index contributed by atoms with van der Waals surface area (Å²) in [6.45, 7) is 0. The van der Waals surface area contributed by atoms with Gasteiger partial charge in [0.25, 0.3) is 0 Å². The second kappa shape index (κ2) is 22.5. The van der Waals surface area contributed by atoms with Gasteiger partial charge in [0.15, 0.2) is 0 Å². The summed E-state index contributed by atoms with van der Waals surface area (Å²) in [6.07, 6.45) is 0. The Kier molecular flexibility index (Phi) is 85.4. The molecule has 1 radical (unpaired) electrons. The molecule has 0 bridgehead atoms. The maximum absolute atomic E-state index is 4.95. The molecule has 0 aliphatic rings. The van der Waals surface area contributed by atoms with Crippen LogP contribution in [0.5, 0.6) is 0 Å². The monoisotopic (exact) mass is 395 g/mol. The fourth-order valence-electron chi connectivity index (χ4n) is 0. The van der Waals surface area contributed by atoms with E-state index in [-0.39, 0.29) is 67.8 Å². The van der Waals surface area contributed by atoms with Gasteiger partial charge in [-0.15, -0.1) is 0 Å². The van der Waals surface area contributed by atoms with E-state index in [2.05, 4.69) is 0 Å². The molecule has 57 valence electrons. The van der Waals surface area contributed by atoms with Gasteiger partial charge in [-0.3, -0.25) is 0 Å². The van der Waals surface area contributed by atoms with E-state index >= 15 is 0 Å². The topological polar surface area (TPSA) is 94.5 Å². The fourth-order valence-corrected chi connectivity index (χ4v) is 0. The van der Waals surface area contributed by atoms with Gasteiger partial charge in [0.2, 0.25) is 0 Å². The SMILES string of the molecule is O.O.O.[Cl][Au]([Cl])[Cl].[K]. The van der Waals surface area contributed by atoms with Crippen LogP contribution in [0.25, 0.3) is 0 Å². The molecule has 0 aliphatic heterocycles. The smallest absolute Gasteiger partial charge is 0 e. The second-order valence-corrected chi connectivity index (χ2v) is 9.52. The molecule has 3 nitrogen and oxygen atoms in total. The van der Waals surface area contributed by atoms with Crippen molar-refractivity contribution < 1.29 is 31.6 Å². The summed E-state index contributed by atoms with van der Waals surface area (Å²) in [5, 5.41) is 0. The Morgan fingerprint density at radius 1 is 0.750 bits per heavy atom. The van der Waals surface area contributed by atoms with Gasteiger partial charge in [-0.05, 0) is 0 Å². The Balaban J connectivity index is -0.00000000750. The van der Waals surface area contributed by atoms with Gasteiger partial charge in [0, 0.05) is 51.4 Å². The first kappa shape index (κ1) is 30.4. The molecule has 0 saturated carbocycles. The molecule has 0 rings (SSSR count). The summed E-state index contributed by atoms with van der Waals surface area (Å²) in [5.74, 6) is 0. The normalized spacial score (nSPS) is 5.62. The predicted octanol–water partition coefficient (Wildman–Crippen LogP) is -0.789. The molecule has 0 unspecified atom stereocenters. The van der Waals surface area contributed by atoms with Crippen molar-refractivity contribution in [3.8, 4) is 0 Å². The Hall–Kier alpha value is 3.13. The molecule has 0 atom stereocenters. The Labute approximate surface area is 108 Å². The van der Waals surface area contributed by atoms with E-state index in [0.717, 1.165) is 0 Å². The maximum atomic E-state index is 4.95. The molecule has 0 aromatic carbocycles. The van der Waals surface area contributed by atoms with Crippen molar-refractivity contribution in [2.45, 2.75) is 0 Å². The molecular weight excluding hydrogens is 390 g/mol. The molecule has 0 saturated heterocycles. The number of hydrogen-bond acceptors (Lipinski definition) is 0. The average Bonchev–Trinajstić information content (AvgIpc) is 0.811. The van der Waals surface area contributed by atoms with E-state index in [1.54, 1.807) is 0 Å². The minimum absolute atomic E-state index is 0. The van der Waals surface area contributed by atoms with Crippen LogP contribution in [0.15, 0.2) is 0 Å². The van der Waals surface area contributed by atoms with E-state index in [1.165, 1.54) is 0 Å². The third kappa shape index (κ3) is 61.7. The molecule has 0 aliphatic carbocycles. The standard InChI is InChI=1S/Au.3ClH.K.3H2O/h;3*1H;;3*1H2/q+3;;;;;;;/p-3. The molecule has 8 heteroatoms. The predicted molar refractivity (Wildman–Crippen MR) is 34.2 cm³/mol. The number of hydrogen-bond donors (Lipinski definition) is 0. The van der Waals surface area contributed by atoms with Crippen molar-refractivity contribution in [1.82, 2.24) is 0 Å². The molecule has 0 aromatic rings. The van der Waals surface area contributed by atoms with Crippen LogP contribution in [0.1, 0.15) is 0 Å². The van der Waals surface area contributed by atoms with Crippen molar-refractivity contribution >= 4 is 79.0 Å². The molecular formula is H6AuCl3KO3. The molecule has 0 spiro atoms. The van der Waals surface area contributed by atoms with Crippen molar-refractivity contribution in [3.05, 3.63) is 0 Å². The van der Waals surface area contributed by atoms with Gasteiger partial charge in [-0.25, -0.2) is 0 Å². The molecule has 0 heterocycles. The van der Waals surface area contributed by atoms with Gasteiger partial charge in [0.05, 0.1) is 0 Å². The summed E-state index contributed by atoms with van der Waals surface area (Å²) in [6, 6.07) is 0. The van der Waals surface area contributed by atoms with Crippen molar-refractivity contribution in [3.63, 3.8) is 0 Å². The first-order valence-electron chi connectivity index (χ1n) is 0.342. The fraction of sp³-hybridized carbons (Fsp3) is 0. The third-order valence-electron chi connectivity index (χ3n) is 0. The zero-order valence-electron chi connectivity index (χ0n) is 3.94. The van der Waals surface area contributed by atoms with Crippen LogP contribution in [-0.4, -0.2) is 67.8 Å². The summed E-state index contributed by atoms with van der Waals surface area (Å²) in [7, 11) is 14.9. The first-order chi connectivity index (χ1) is 1.73.